The Labute approximate surface area is 105 Å². The second-order valence-corrected chi connectivity index (χ2v) is 5.11. The Balaban J connectivity index is 3.27. The summed E-state index contributed by atoms with van der Waals surface area (Å²) in [6.45, 7) is 6.04. The number of benzene rings is 1. The van der Waals surface area contributed by atoms with E-state index in [2.05, 4.69) is 15.9 Å². The third-order valence-electron chi connectivity index (χ3n) is 2.79. The minimum atomic E-state index is 0.270. The average Bonchev–Trinajstić information content (AvgIpc) is 2.23. The molecule has 1 aromatic rings. The van der Waals surface area contributed by atoms with Gasteiger partial charge in [-0.05, 0) is 42.0 Å². The second kappa shape index (κ2) is 5.48. The lowest BCUT2D eigenvalue weighted by Crippen LogP contribution is -1.98. The molecule has 0 bridgehead atoms. The topological polar surface area (TPSA) is 37.3 Å². The maximum Gasteiger partial charge on any atom is 0.122 e. The Kier molecular flexibility index (Phi) is 4.54. The highest BCUT2D eigenvalue weighted by molar-refractivity contribution is 9.10. The standard InChI is InChI=1S/C13H17BrO2/c1-8(2)11-7-12(14)9(3)10(13(11)16)5-4-6-15/h6-8,16H,4-5H2,1-3H3. The largest absolute Gasteiger partial charge is 0.507 e. The van der Waals surface area contributed by atoms with Crippen molar-refractivity contribution in [1.82, 2.24) is 0 Å². The Bertz CT molecular complexity index is 397. The van der Waals surface area contributed by atoms with Gasteiger partial charge in [0.25, 0.3) is 0 Å². The van der Waals surface area contributed by atoms with Crippen molar-refractivity contribution in [2.24, 2.45) is 0 Å². The molecule has 0 saturated heterocycles. The minimum absolute atomic E-state index is 0.270. The molecule has 16 heavy (non-hydrogen) atoms. The van der Waals surface area contributed by atoms with Crippen molar-refractivity contribution in [3.63, 3.8) is 0 Å². The summed E-state index contributed by atoms with van der Waals surface area (Å²) in [5.74, 6) is 0.615. The van der Waals surface area contributed by atoms with E-state index in [0.29, 0.717) is 18.6 Å². The van der Waals surface area contributed by atoms with Crippen molar-refractivity contribution in [3.8, 4) is 5.75 Å². The highest BCUT2D eigenvalue weighted by Crippen LogP contribution is 2.36. The van der Waals surface area contributed by atoms with E-state index >= 15 is 0 Å². The first-order valence-corrected chi connectivity index (χ1v) is 6.22. The zero-order valence-electron chi connectivity index (χ0n) is 9.88. The van der Waals surface area contributed by atoms with Gasteiger partial charge in [-0.3, -0.25) is 0 Å². The van der Waals surface area contributed by atoms with Crippen LogP contribution in [-0.4, -0.2) is 11.4 Å². The van der Waals surface area contributed by atoms with Crippen LogP contribution in [0.1, 0.15) is 42.9 Å². The Morgan fingerprint density at radius 2 is 2.12 bits per heavy atom. The van der Waals surface area contributed by atoms with Gasteiger partial charge in [-0.2, -0.15) is 0 Å². The highest BCUT2D eigenvalue weighted by Gasteiger charge is 2.15. The molecule has 0 fully saturated rings. The number of hydrogen-bond acceptors (Lipinski definition) is 2. The number of aromatic hydroxyl groups is 1. The molecular weight excluding hydrogens is 268 g/mol. The molecule has 1 aromatic carbocycles. The number of halogens is 1. The Morgan fingerprint density at radius 3 is 2.62 bits per heavy atom. The molecule has 0 aromatic heterocycles. The van der Waals surface area contributed by atoms with Crippen molar-refractivity contribution >= 4 is 22.2 Å². The summed E-state index contributed by atoms with van der Waals surface area (Å²) in [7, 11) is 0. The number of carbonyl (C=O) groups excluding carboxylic acids is 1. The number of phenolic OH excluding ortho intramolecular Hbond substituents is 1. The molecule has 0 atom stereocenters. The van der Waals surface area contributed by atoms with Crippen LogP contribution in [0.4, 0.5) is 0 Å². The molecule has 0 saturated carbocycles. The number of carbonyl (C=O) groups is 1. The van der Waals surface area contributed by atoms with Crippen LogP contribution in [-0.2, 0) is 11.2 Å². The fourth-order valence-corrected chi connectivity index (χ4v) is 2.24. The number of aldehydes is 1. The summed E-state index contributed by atoms with van der Waals surface area (Å²) >= 11 is 3.49. The number of phenols is 1. The molecule has 0 aliphatic rings. The van der Waals surface area contributed by atoms with Gasteiger partial charge >= 0.3 is 0 Å². The van der Waals surface area contributed by atoms with E-state index in [1.807, 2.05) is 26.8 Å². The lowest BCUT2D eigenvalue weighted by Gasteiger charge is -2.16. The first-order chi connectivity index (χ1) is 7.49. The molecule has 0 unspecified atom stereocenters. The summed E-state index contributed by atoms with van der Waals surface area (Å²) in [4.78, 5) is 10.4. The Hall–Kier alpha value is -0.830. The van der Waals surface area contributed by atoms with Crippen LogP contribution in [0.3, 0.4) is 0 Å². The van der Waals surface area contributed by atoms with E-state index < -0.39 is 0 Å². The van der Waals surface area contributed by atoms with Crippen molar-refractivity contribution < 1.29 is 9.90 Å². The van der Waals surface area contributed by atoms with Gasteiger partial charge in [-0.15, -0.1) is 0 Å². The van der Waals surface area contributed by atoms with E-state index in [1.165, 1.54) is 0 Å². The molecular formula is C13H17BrO2. The van der Waals surface area contributed by atoms with Crippen molar-refractivity contribution in [3.05, 3.63) is 27.2 Å². The predicted molar refractivity (Wildman–Crippen MR) is 69.0 cm³/mol. The summed E-state index contributed by atoms with van der Waals surface area (Å²) in [6.07, 6.45) is 1.93. The zero-order chi connectivity index (χ0) is 12.3. The van der Waals surface area contributed by atoms with Crippen LogP contribution in [0.25, 0.3) is 0 Å². The fourth-order valence-electron chi connectivity index (χ4n) is 1.76. The number of rotatable bonds is 4. The second-order valence-electron chi connectivity index (χ2n) is 4.26. The smallest absolute Gasteiger partial charge is 0.122 e. The fraction of sp³-hybridized carbons (Fsp3) is 0.462. The molecule has 0 spiro atoms. The van der Waals surface area contributed by atoms with Gasteiger partial charge in [0.05, 0.1) is 0 Å². The van der Waals surface area contributed by atoms with Gasteiger partial charge in [-0.1, -0.05) is 29.8 Å². The van der Waals surface area contributed by atoms with Crippen LogP contribution in [0.2, 0.25) is 0 Å². The highest BCUT2D eigenvalue weighted by atomic mass is 79.9. The van der Waals surface area contributed by atoms with Gasteiger partial charge in [0.15, 0.2) is 0 Å². The molecule has 0 radical (unpaired) electrons. The lowest BCUT2D eigenvalue weighted by atomic mass is 9.94. The first kappa shape index (κ1) is 13.2. The third-order valence-corrected chi connectivity index (χ3v) is 3.61. The molecule has 1 N–H and O–H groups in total. The quantitative estimate of drug-likeness (QED) is 0.856. The molecule has 0 aliphatic heterocycles. The third kappa shape index (κ3) is 2.64. The van der Waals surface area contributed by atoms with E-state index in [4.69, 9.17) is 0 Å². The summed E-state index contributed by atoms with van der Waals surface area (Å²) in [5, 5.41) is 10.2. The first-order valence-electron chi connectivity index (χ1n) is 5.43. The molecule has 1 rings (SSSR count). The van der Waals surface area contributed by atoms with E-state index in [0.717, 1.165) is 27.4 Å². The van der Waals surface area contributed by atoms with Crippen LogP contribution in [0, 0.1) is 6.92 Å². The predicted octanol–water partition coefficient (Wildman–Crippen LogP) is 3.72. The SMILES string of the molecule is Cc1c(Br)cc(C(C)C)c(O)c1CCC=O. The molecule has 0 amide bonds. The van der Waals surface area contributed by atoms with Crippen LogP contribution < -0.4 is 0 Å². The normalized spacial score (nSPS) is 10.8. The van der Waals surface area contributed by atoms with Gasteiger partial charge in [-0.25, -0.2) is 0 Å². The molecule has 3 heteroatoms. The molecule has 88 valence electrons. The van der Waals surface area contributed by atoms with Gasteiger partial charge in [0.1, 0.15) is 12.0 Å². The summed E-state index contributed by atoms with van der Waals surface area (Å²) in [5.41, 5.74) is 2.83. The van der Waals surface area contributed by atoms with Gasteiger partial charge < -0.3 is 9.90 Å². The summed E-state index contributed by atoms with van der Waals surface area (Å²) < 4.78 is 0.995. The van der Waals surface area contributed by atoms with E-state index in [9.17, 15) is 9.90 Å². The lowest BCUT2D eigenvalue weighted by molar-refractivity contribution is -0.107. The minimum Gasteiger partial charge on any atom is -0.507 e. The van der Waals surface area contributed by atoms with Crippen LogP contribution in [0.5, 0.6) is 5.75 Å². The van der Waals surface area contributed by atoms with Gasteiger partial charge in [0.2, 0.25) is 0 Å². The monoisotopic (exact) mass is 284 g/mol. The van der Waals surface area contributed by atoms with Crippen molar-refractivity contribution in [2.45, 2.75) is 39.5 Å². The molecule has 0 heterocycles. The maximum atomic E-state index is 10.4. The van der Waals surface area contributed by atoms with Gasteiger partial charge in [0, 0.05) is 10.9 Å². The van der Waals surface area contributed by atoms with Crippen molar-refractivity contribution in [1.29, 1.82) is 0 Å². The maximum absolute atomic E-state index is 10.4. The molecule has 0 aliphatic carbocycles. The van der Waals surface area contributed by atoms with E-state index in [-0.39, 0.29) is 5.92 Å². The number of hydrogen-bond donors (Lipinski definition) is 1. The average molecular weight is 285 g/mol. The Morgan fingerprint density at radius 1 is 1.50 bits per heavy atom. The van der Waals surface area contributed by atoms with Crippen LogP contribution >= 0.6 is 15.9 Å². The summed E-state index contributed by atoms with van der Waals surface area (Å²) in [6, 6.07) is 1.96. The molecule has 2 nitrogen and oxygen atoms in total. The van der Waals surface area contributed by atoms with Crippen LogP contribution in [0.15, 0.2) is 10.5 Å². The van der Waals surface area contributed by atoms with E-state index in [1.54, 1.807) is 0 Å². The van der Waals surface area contributed by atoms with Crippen molar-refractivity contribution in [2.75, 3.05) is 0 Å². The zero-order valence-corrected chi connectivity index (χ0v) is 11.5.